The van der Waals surface area contributed by atoms with Crippen LogP contribution < -0.4 is 10.1 Å². The van der Waals surface area contributed by atoms with Crippen LogP contribution >= 0.6 is 0 Å². The third-order valence-corrected chi connectivity index (χ3v) is 5.02. The molecule has 0 aliphatic carbocycles. The molecule has 4 aromatic rings. The summed E-state index contributed by atoms with van der Waals surface area (Å²) in [5.41, 5.74) is 8.37. The molecule has 140 valence electrons. The van der Waals surface area contributed by atoms with Gasteiger partial charge in [-0.25, -0.2) is 4.98 Å². The second-order valence-electron chi connectivity index (χ2n) is 6.87. The molecule has 5 nitrogen and oxygen atoms in total. The first-order valence-electron chi connectivity index (χ1n) is 9.18. The first-order chi connectivity index (χ1) is 13.6. The molecule has 1 heterocycles. The smallest absolute Gasteiger partial charge is 0.247 e. The average Bonchev–Trinajstić information content (AvgIpc) is 2.71. The van der Waals surface area contributed by atoms with Crippen LogP contribution in [-0.4, -0.2) is 22.3 Å². The normalized spacial score (nSPS) is 10.9. The maximum absolute atomic E-state index is 5.38. The molecule has 0 saturated heterocycles. The lowest BCUT2D eigenvalue weighted by molar-refractivity contribution is 0.417. The van der Waals surface area contributed by atoms with Gasteiger partial charge in [-0.3, -0.25) is 0 Å². The molecule has 3 aromatic carbocycles. The molecule has 5 heteroatoms. The van der Waals surface area contributed by atoms with Crippen molar-refractivity contribution >= 4 is 22.7 Å². The van der Waals surface area contributed by atoms with Gasteiger partial charge in [0, 0.05) is 0 Å². The predicted octanol–water partition coefficient (Wildman–Crippen LogP) is 5.37. The maximum atomic E-state index is 5.38. The summed E-state index contributed by atoms with van der Waals surface area (Å²) >= 11 is 0. The molecule has 0 saturated carbocycles. The molecule has 1 N–H and O–H groups in total. The Morgan fingerprint density at radius 3 is 2.50 bits per heavy atom. The number of nitrogens with one attached hydrogen (secondary N) is 1. The number of ether oxygens (including phenoxy) is 1. The van der Waals surface area contributed by atoms with E-state index in [0.29, 0.717) is 5.95 Å². The van der Waals surface area contributed by atoms with E-state index in [-0.39, 0.29) is 0 Å². The van der Waals surface area contributed by atoms with Crippen LogP contribution in [0, 0.1) is 20.8 Å². The van der Waals surface area contributed by atoms with E-state index >= 15 is 0 Å². The number of rotatable bonds is 4. The van der Waals surface area contributed by atoms with Crippen molar-refractivity contribution in [2.75, 3.05) is 12.4 Å². The highest BCUT2D eigenvalue weighted by molar-refractivity contribution is 5.85. The van der Waals surface area contributed by atoms with Crippen LogP contribution in [-0.2, 0) is 0 Å². The molecule has 0 aliphatic heterocycles. The quantitative estimate of drug-likeness (QED) is 0.523. The topological polar surface area (TPSA) is 59.9 Å². The molecule has 4 rings (SSSR count). The summed E-state index contributed by atoms with van der Waals surface area (Å²) in [5, 5.41) is 11.9. The van der Waals surface area contributed by atoms with Crippen molar-refractivity contribution in [1.29, 1.82) is 0 Å². The molecule has 28 heavy (non-hydrogen) atoms. The Kier molecular flexibility index (Phi) is 4.65. The average molecular weight is 370 g/mol. The van der Waals surface area contributed by atoms with Gasteiger partial charge in [-0.15, -0.1) is 10.2 Å². The van der Waals surface area contributed by atoms with Gasteiger partial charge >= 0.3 is 0 Å². The fraction of sp³-hybridized carbons (Fsp3) is 0.174. The van der Waals surface area contributed by atoms with Crippen LogP contribution in [0.3, 0.4) is 0 Å². The van der Waals surface area contributed by atoms with Crippen molar-refractivity contribution < 1.29 is 4.74 Å². The largest absolute Gasteiger partial charge is 0.495 e. The second kappa shape index (κ2) is 7.27. The van der Waals surface area contributed by atoms with Crippen molar-refractivity contribution in [2.45, 2.75) is 20.8 Å². The molecule has 0 bridgehead atoms. The van der Waals surface area contributed by atoms with Crippen LogP contribution in [0.2, 0.25) is 0 Å². The summed E-state index contributed by atoms with van der Waals surface area (Å²) < 4.78 is 5.38. The SMILES string of the molecule is COc1ccccc1Nc1nnc2cc(-c3cccc(C)c3C)cc(C)c2n1. The third kappa shape index (κ3) is 3.27. The third-order valence-electron chi connectivity index (χ3n) is 5.02. The minimum absolute atomic E-state index is 0.444. The van der Waals surface area contributed by atoms with Gasteiger partial charge in [-0.1, -0.05) is 30.3 Å². The number of methoxy groups -OCH3 is 1. The Bertz CT molecular complexity index is 1170. The van der Waals surface area contributed by atoms with E-state index in [4.69, 9.17) is 4.74 Å². The van der Waals surface area contributed by atoms with E-state index in [0.717, 1.165) is 33.6 Å². The van der Waals surface area contributed by atoms with Gasteiger partial charge in [0.15, 0.2) is 0 Å². The first-order valence-corrected chi connectivity index (χ1v) is 9.18. The second-order valence-corrected chi connectivity index (χ2v) is 6.87. The zero-order valence-corrected chi connectivity index (χ0v) is 16.4. The van der Waals surface area contributed by atoms with Gasteiger partial charge in [-0.05, 0) is 72.9 Å². The standard InChI is InChI=1S/C23H22N4O/c1-14-8-7-9-18(16(14)3)17-12-15(2)22-20(13-17)26-27-23(25-22)24-19-10-5-6-11-21(19)28-4/h5-13H,1-4H3,(H,24,25,27). The van der Waals surface area contributed by atoms with Crippen molar-refractivity contribution in [3.05, 3.63) is 71.3 Å². The van der Waals surface area contributed by atoms with E-state index in [9.17, 15) is 0 Å². The Balaban J connectivity index is 1.75. The van der Waals surface area contributed by atoms with Crippen LogP contribution in [0.1, 0.15) is 16.7 Å². The summed E-state index contributed by atoms with van der Waals surface area (Å²) in [6.07, 6.45) is 0. The van der Waals surface area contributed by atoms with E-state index in [2.05, 4.69) is 71.6 Å². The highest BCUT2D eigenvalue weighted by atomic mass is 16.5. The van der Waals surface area contributed by atoms with Gasteiger partial charge in [0.2, 0.25) is 5.95 Å². The number of anilines is 2. The van der Waals surface area contributed by atoms with Crippen molar-refractivity contribution in [3.8, 4) is 16.9 Å². The highest BCUT2D eigenvalue weighted by Crippen LogP contribution is 2.30. The lowest BCUT2D eigenvalue weighted by atomic mass is 9.95. The molecular formula is C23H22N4O. The van der Waals surface area contributed by atoms with E-state index in [1.54, 1.807) is 7.11 Å². The van der Waals surface area contributed by atoms with Crippen LogP contribution in [0.5, 0.6) is 5.75 Å². The summed E-state index contributed by atoms with van der Waals surface area (Å²) in [7, 11) is 1.64. The van der Waals surface area contributed by atoms with Crippen molar-refractivity contribution in [2.24, 2.45) is 0 Å². The lowest BCUT2D eigenvalue weighted by Gasteiger charge is -2.12. The van der Waals surface area contributed by atoms with Crippen molar-refractivity contribution in [3.63, 3.8) is 0 Å². The van der Waals surface area contributed by atoms with Gasteiger partial charge < -0.3 is 10.1 Å². The molecule has 1 aromatic heterocycles. The Morgan fingerprint density at radius 1 is 0.857 bits per heavy atom. The highest BCUT2D eigenvalue weighted by Gasteiger charge is 2.11. The van der Waals surface area contributed by atoms with E-state index in [1.807, 2.05) is 24.3 Å². The van der Waals surface area contributed by atoms with Gasteiger partial charge in [-0.2, -0.15) is 0 Å². The fourth-order valence-electron chi connectivity index (χ4n) is 3.35. The number of nitrogens with zero attached hydrogens (tertiary/aromatic N) is 3. The molecule has 0 atom stereocenters. The molecule has 0 amide bonds. The molecule has 0 fully saturated rings. The van der Waals surface area contributed by atoms with E-state index in [1.165, 1.54) is 16.7 Å². The number of fused-ring (bicyclic) bond motifs is 1. The Morgan fingerprint density at radius 2 is 1.68 bits per heavy atom. The minimum Gasteiger partial charge on any atom is -0.495 e. The number of hydrogen-bond acceptors (Lipinski definition) is 5. The molecule has 0 aliphatic rings. The van der Waals surface area contributed by atoms with Crippen LogP contribution in [0.25, 0.3) is 22.2 Å². The van der Waals surface area contributed by atoms with Gasteiger partial charge in [0.1, 0.15) is 11.3 Å². The Labute approximate surface area is 164 Å². The minimum atomic E-state index is 0.444. The zero-order chi connectivity index (χ0) is 19.7. The first kappa shape index (κ1) is 17.9. The summed E-state index contributed by atoms with van der Waals surface area (Å²) in [6.45, 7) is 6.33. The van der Waals surface area contributed by atoms with Crippen LogP contribution in [0.15, 0.2) is 54.6 Å². The molecule has 0 unspecified atom stereocenters. The van der Waals surface area contributed by atoms with E-state index < -0.39 is 0 Å². The Hall–Kier alpha value is -3.47. The van der Waals surface area contributed by atoms with Gasteiger partial charge in [0.25, 0.3) is 0 Å². The summed E-state index contributed by atoms with van der Waals surface area (Å²) in [6, 6.07) is 18.2. The zero-order valence-electron chi connectivity index (χ0n) is 16.4. The number of benzene rings is 3. The number of aromatic nitrogens is 3. The molecule has 0 radical (unpaired) electrons. The number of hydrogen-bond donors (Lipinski definition) is 1. The molecular weight excluding hydrogens is 348 g/mol. The number of aryl methyl sites for hydroxylation is 2. The fourth-order valence-corrected chi connectivity index (χ4v) is 3.35. The lowest BCUT2D eigenvalue weighted by Crippen LogP contribution is -2.02. The van der Waals surface area contributed by atoms with Gasteiger partial charge in [0.05, 0.1) is 18.3 Å². The van der Waals surface area contributed by atoms with Crippen LogP contribution in [0.4, 0.5) is 11.6 Å². The maximum Gasteiger partial charge on any atom is 0.247 e. The number of para-hydroxylation sites is 2. The predicted molar refractivity (Wildman–Crippen MR) is 113 cm³/mol. The summed E-state index contributed by atoms with van der Waals surface area (Å²) in [4.78, 5) is 4.68. The summed E-state index contributed by atoms with van der Waals surface area (Å²) in [5.74, 6) is 1.17. The monoisotopic (exact) mass is 370 g/mol. The van der Waals surface area contributed by atoms with Crippen molar-refractivity contribution in [1.82, 2.24) is 15.2 Å². The molecule has 0 spiro atoms.